The van der Waals surface area contributed by atoms with Gasteiger partial charge in [-0.15, -0.1) is 0 Å². The van der Waals surface area contributed by atoms with Crippen LogP contribution in [0.1, 0.15) is 48.5 Å². The van der Waals surface area contributed by atoms with Crippen LogP contribution in [-0.4, -0.2) is 46.7 Å². The van der Waals surface area contributed by atoms with Crippen molar-refractivity contribution in [1.82, 2.24) is 4.90 Å². The van der Waals surface area contributed by atoms with Gasteiger partial charge in [-0.25, -0.2) is 9.59 Å². The minimum atomic E-state index is -0.937. The Labute approximate surface area is 145 Å². The first kappa shape index (κ1) is 18.7. The number of piperidine rings is 1. The lowest BCUT2D eigenvalue weighted by molar-refractivity contribution is -0.385. The van der Waals surface area contributed by atoms with Gasteiger partial charge in [-0.2, -0.15) is 0 Å². The van der Waals surface area contributed by atoms with Gasteiger partial charge in [-0.3, -0.25) is 10.1 Å². The molecule has 1 fully saturated rings. The number of nitro benzene ring substituents is 1. The summed E-state index contributed by atoms with van der Waals surface area (Å²) < 4.78 is 4.93. The van der Waals surface area contributed by atoms with Crippen molar-refractivity contribution in [2.75, 3.05) is 19.7 Å². The molecule has 0 radical (unpaired) electrons. The van der Waals surface area contributed by atoms with Crippen LogP contribution in [0.2, 0.25) is 0 Å². The van der Waals surface area contributed by atoms with Crippen LogP contribution in [0.25, 0.3) is 0 Å². The highest BCUT2D eigenvalue weighted by Gasteiger charge is 2.33. The van der Waals surface area contributed by atoms with E-state index in [1.165, 1.54) is 17.0 Å². The van der Waals surface area contributed by atoms with E-state index in [4.69, 9.17) is 4.74 Å². The fraction of sp³-hybridized carbons (Fsp3) is 0.529. The summed E-state index contributed by atoms with van der Waals surface area (Å²) in [6.07, 6.45) is 0.457. The summed E-state index contributed by atoms with van der Waals surface area (Å²) >= 11 is 0. The fourth-order valence-corrected chi connectivity index (χ4v) is 3.37. The molecule has 1 heterocycles. The van der Waals surface area contributed by atoms with Crippen molar-refractivity contribution in [3.8, 4) is 0 Å². The zero-order valence-electron chi connectivity index (χ0n) is 14.3. The summed E-state index contributed by atoms with van der Waals surface area (Å²) in [6.45, 7) is 4.59. The molecule has 1 amide bonds. The minimum absolute atomic E-state index is 0.0505. The molecule has 2 rings (SSSR count). The predicted molar refractivity (Wildman–Crippen MR) is 89.8 cm³/mol. The Hall–Kier alpha value is -2.64. The maximum atomic E-state index is 12.1. The number of hydrogen-bond donors (Lipinski definition) is 1. The number of nitro groups is 1. The summed E-state index contributed by atoms with van der Waals surface area (Å²) in [5.41, 5.74) is 0.476. The molecule has 8 heteroatoms. The van der Waals surface area contributed by atoms with Crippen LogP contribution in [0.3, 0.4) is 0 Å². The second kappa shape index (κ2) is 7.96. The number of likely N-dealkylation sites (tertiary alicyclic amines) is 1. The zero-order chi connectivity index (χ0) is 18.6. The highest BCUT2D eigenvalue weighted by atomic mass is 16.6. The Bertz CT molecular complexity index is 675. The number of amides is 1. The van der Waals surface area contributed by atoms with Crippen molar-refractivity contribution >= 4 is 17.7 Å². The molecular weight excluding hydrogens is 328 g/mol. The molecule has 2 unspecified atom stereocenters. The molecule has 136 valence electrons. The first-order valence-corrected chi connectivity index (χ1v) is 8.32. The highest BCUT2D eigenvalue weighted by Crippen LogP contribution is 2.36. The normalized spacial score (nSPS) is 20.2. The van der Waals surface area contributed by atoms with E-state index in [9.17, 15) is 24.8 Å². The first-order chi connectivity index (χ1) is 11.9. The van der Waals surface area contributed by atoms with Gasteiger partial charge in [0.1, 0.15) is 5.56 Å². The van der Waals surface area contributed by atoms with Crippen LogP contribution in [0.15, 0.2) is 18.2 Å². The summed E-state index contributed by atoms with van der Waals surface area (Å²) in [6, 6.07) is 4.52. The molecule has 0 spiro atoms. The Balaban J connectivity index is 2.35. The number of esters is 1. The van der Waals surface area contributed by atoms with Gasteiger partial charge < -0.3 is 14.7 Å². The Morgan fingerprint density at radius 2 is 2.12 bits per heavy atom. The Morgan fingerprint density at radius 1 is 1.40 bits per heavy atom. The van der Waals surface area contributed by atoms with Crippen LogP contribution in [0.4, 0.5) is 10.5 Å². The third-order valence-corrected chi connectivity index (χ3v) is 4.67. The van der Waals surface area contributed by atoms with Gasteiger partial charge in [0.25, 0.3) is 5.69 Å². The number of nitrogens with zero attached hydrogens (tertiary/aromatic N) is 2. The molecule has 1 aromatic carbocycles. The monoisotopic (exact) mass is 350 g/mol. The van der Waals surface area contributed by atoms with Crippen molar-refractivity contribution in [3.63, 3.8) is 0 Å². The summed E-state index contributed by atoms with van der Waals surface area (Å²) in [5.74, 6) is -0.567. The molecule has 0 saturated carbocycles. The van der Waals surface area contributed by atoms with Gasteiger partial charge in [-0.1, -0.05) is 19.4 Å². The number of rotatable bonds is 5. The van der Waals surface area contributed by atoms with Crippen LogP contribution < -0.4 is 0 Å². The van der Waals surface area contributed by atoms with Gasteiger partial charge in [0.15, 0.2) is 0 Å². The highest BCUT2D eigenvalue weighted by molar-refractivity contribution is 5.94. The molecule has 1 aliphatic rings. The van der Waals surface area contributed by atoms with Gasteiger partial charge in [0.05, 0.1) is 11.5 Å². The molecule has 25 heavy (non-hydrogen) atoms. The van der Waals surface area contributed by atoms with E-state index in [0.29, 0.717) is 19.5 Å². The van der Waals surface area contributed by atoms with Crippen molar-refractivity contribution in [2.45, 2.75) is 32.6 Å². The quantitative estimate of drug-likeness (QED) is 0.496. The maximum Gasteiger partial charge on any atom is 0.407 e. The third-order valence-electron chi connectivity index (χ3n) is 4.67. The standard InChI is InChI=1S/C17H22N2O6/c1-3-11-10-18(17(21)22)8-7-13(11)12-5-6-15(19(23)24)14(9-12)16(20)25-4-2/h5-6,9,11,13H,3-4,7-8,10H2,1-2H3,(H,21,22). The smallest absolute Gasteiger partial charge is 0.407 e. The minimum Gasteiger partial charge on any atom is -0.465 e. The zero-order valence-corrected chi connectivity index (χ0v) is 14.3. The van der Waals surface area contributed by atoms with E-state index < -0.39 is 17.0 Å². The number of ether oxygens (including phenoxy) is 1. The van der Waals surface area contributed by atoms with Gasteiger partial charge in [0, 0.05) is 19.2 Å². The number of carbonyl (C=O) groups excluding carboxylic acids is 1. The van der Waals surface area contributed by atoms with E-state index in [2.05, 4.69) is 0 Å². The lowest BCUT2D eigenvalue weighted by Crippen LogP contribution is -2.42. The van der Waals surface area contributed by atoms with Crippen molar-refractivity contribution < 1.29 is 24.4 Å². The molecule has 2 atom stereocenters. The van der Waals surface area contributed by atoms with Crippen molar-refractivity contribution in [2.24, 2.45) is 5.92 Å². The maximum absolute atomic E-state index is 12.1. The van der Waals surface area contributed by atoms with Crippen LogP contribution in [-0.2, 0) is 4.74 Å². The molecule has 1 aliphatic heterocycles. The summed E-state index contributed by atoms with van der Waals surface area (Å²) in [4.78, 5) is 35.2. The van der Waals surface area contributed by atoms with Crippen molar-refractivity contribution in [3.05, 3.63) is 39.4 Å². The Morgan fingerprint density at radius 3 is 2.68 bits per heavy atom. The fourth-order valence-electron chi connectivity index (χ4n) is 3.37. The van der Waals surface area contributed by atoms with E-state index in [1.807, 2.05) is 6.92 Å². The van der Waals surface area contributed by atoms with Crippen LogP contribution in [0, 0.1) is 16.0 Å². The molecule has 8 nitrogen and oxygen atoms in total. The predicted octanol–water partition coefficient (Wildman–Crippen LogP) is 3.27. The number of carbonyl (C=O) groups is 2. The number of hydrogen-bond acceptors (Lipinski definition) is 5. The molecule has 0 aliphatic carbocycles. The van der Waals surface area contributed by atoms with E-state index >= 15 is 0 Å². The number of carboxylic acid groups (broad SMARTS) is 1. The van der Waals surface area contributed by atoms with E-state index in [0.717, 1.165) is 12.0 Å². The number of benzene rings is 1. The summed E-state index contributed by atoms with van der Waals surface area (Å²) in [5, 5.41) is 20.4. The SMILES string of the molecule is CCOC(=O)c1cc(C2CCN(C(=O)O)CC2CC)ccc1[N+](=O)[O-]. The lowest BCUT2D eigenvalue weighted by Gasteiger charge is -2.37. The molecule has 1 saturated heterocycles. The van der Waals surface area contributed by atoms with E-state index in [1.54, 1.807) is 13.0 Å². The third kappa shape index (κ3) is 4.07. The first-order valence-electron chi connectivity index (χ1n) is 8.32. The lowest BCUT2D eigenvalue weighted by atomic mass is 9.78. The van der Waals surface area contributed by atoms with Gasteiger partial charge >= 0.3 is 12.1 Å². The van der Waals surface area contributed by atoms with Crippen molar-refractivity contribution in [1.29, 1.82) is 0 Å². The Kier molecular flexibility index (Phi) is 5.95. The van der Waals surface area contributed by atoms with Gasteiger partial charge in [-0.05, 0) is 36.8 Å². The summed E-state index contributed by atoms with van der Waals surface area (Å²) in [7, 11) is 0. The average molecular weight is 350 g/mol. The molecule has 0 bridgehead atoms. The molecule has 0 aromatic heterocycles. The molecular formula is C17H22N2O6. The second-order valence-electron chi connectivity index (χ2n) is 6.05. The average Bonchev–Trinajstić information content (AvgIpc) is 2.60. The largest absolute Gasteiger partial charge is 0.465 e. The van der Waals surface area contributed by atoms with Crippen LogP contribution >= 0.6 is 0 Å². The van der Waals surface area contributed by atoms with E-state index in [-0.39, 0.29) is 29.7 Å². The molecule has 1 aromatic rings. The topological polar surface area (TPSA) is 110 Å². The van der Waals surface area contributed by atoms with Gasteiger partial charge in [0.2, 0.25) is 0 Å². The van der Waals surface area contributed by atoms with Crippen LogP contribution in [0.5, 0.6) is 0 Å². The molecule has 1 N–H and O–H groups in total. The second-order valence-corrected chi connectivity index (χ2v) is 6.05.